The van der Waals surface area contributed by atoms with Crippen molar-refractivity contribution in [2.75, 3.05) is 12.4 Å². The zero-order chi connectivity index (χ0) is 12.1. The first-order valence-electron chi connectivity index (χ1n) is 5.05. The number of rotatable bonds is 4. The second kappa shape index (κ2) is 5.11. The van der Waals surface area contributed by atoms with E-state index in [1.807, 2.05) is 0 Å². The third-order valence-electron chi connectivity index (χ3n) is 2.20. The van der Waals surface area contributed by atoms with Crippen LogP contribution in [-0.4, -0.2) is 28.0 Å². The highest BCUT2D eigenvalue weighted by molar-refractivity contribution is 5.89. The number of nitrogens with zero attached hydrogens (tertiary/aromatic N) is 2. The quantitative estimate of drug-likeness (QED) is 0.774. The summed E-state index contributed by atoms with van der Waals surface area (Å²) < 4.78 is 4.63. The van der Waals surface area contributed by atoms with Crippen LogP contribution in [-0.2, 0) is 11.3 Å². The Hall–Kier alpha value is -2.37. The van der Waals surface area contributed by atoms with E-state index in [9.17, 15) is 4.79 Å². The number of carbonyl (C=O) groups excluding carboxylic acids is 1. The van der Waals surface area contributed by atoms with Crippen LogP contribution in [0.3, 0.4) is 0 Å². The third-order valence-corrected chi connectivity index (χ3v) is 2.20. The van der Waals surface area contributed by atoms with Crippen molar-refractivity contribution in [1.82, 2.24) is 15.0 Å². The lowest BCUT2D eigenvalue weighted by Gasteiger charge is -2.05. The van der Waals surface area contributed by atoms with Crippen LogP contribution in [0.25, 0.3) is 0 Å². The summed E-state index contributed by atoms with van der Waals surface area (Å²) in [5, 5.41) is 3.08. The molecule has 0 amide bonds. The van der Waals surface area contributed by atoms with Gasteiger partial charge in [0.05, 0.1) is 31.2 Å². The van der Waals surface area contributed by atoms with Crippen molar-refractivity contribution in [3.05, 3.63) is 42.1 Å². The molecule has 6 heteroatoms. The maximum atomic E-state index is 11.3. The Morgan fingerprint density at radius 1 is 1.59 bits per heavy atom. The van der Waals surface area contributed by atoms with Gasteiger partial charge in [-0.15, -0.1) is 0 Å². The van der Waals surface area contributed by atoms with Crippen molar-refractivity contribution >= 4 is 11.8 Å². The van der Waals surface area contributed by atoms with E-state index in [-0.39, 0.29) is 5.97 Å². The zero-order valence-corrected chi connectivity index (χ0v) is 9.30. The average Bonchev–Trinajstić information content (AvgIpc) is 2.89. The first-order chi connectivity index (χ1) is 8.29. The molecule has 0 aliphatic heterocycles. The number of aromatic nitrogens is 3. The molecule has 88 valence electrons. The van der Waals surface area contributed by atoms with Crippen molar-refractivity contribution in [3.8, 4) is 0 Å². The molecule has 0 aliphatic rings. The van der Waals surface area contributed by atoms with E-state index in [0.29, 0.717) is 17.9 Å². The summed E-state index contributed by atoms with van der Waals surface area (Å²) in [5.41, 5.74) is 1.41. The number of esters is 1. The topological polar surface area (TPSA) is 79.9 Å². The maximum Gasteiger partial charge on any atom is 0.338 e. The van der Waals surface area contributed by atoms with Gasteiger partial charge in [-0.05, 0) is 12.1 Å². The van der Waals surface area contributed by atoms with Crippen LogP contribution in [0.15, 0.2) is 30.9 Å². The van der Waals surface area contributed by atoms with Gasteiger partial charge in [-0.2, -0.15) is 0 Å². The fourth-order valence-corrected chi connectivity index (χ4v) is 1.34. The van der Waals surface area contributed by atoms with E-state index in [1.165, 1.54) is 7.11 Å². The van der Waals surface area contributed by atoms with Crippen LogP contribution < -0.4 is 5.32 Å². The number of carbonyl (C=O) groups is 1. The minimum Gasteiger partial charge on any atom is -0.465 e. The molecule has 2 rings (SSSR count). The molecule has 0 bridgehead atoms. The fraction of sp³-hybridized carbons (Fsp3) is 0.182. The van der Waals surface area contributed by atoms with Gasteiger partial charge in [0, 0.05) is 12.4 Å². The predicted octanol–water partition coefficient (Wildman–Crippen LogP) is 1.20. The molecule has 2 N–H and O–H groups in total. The molecule has 0 spiro atoms. The second-order valence-electron chi connectivity index (χ2n) is 3.35. The summed E-state index contributed by atoms with van der Waals surface area (Å²) in [4.78, 5) is 22.3. The highest BCUT2D eigenvalue weighted by Gasteiger charge is 2.06. The van der Waals surface area contributed by atoms with Crippen LogP contribution in [0.2, 0.25) is 0 Å². The van der Waals surface area contributed by atoms with Crippen LogP contribution in [0, 0.1) is 0 Å². The number of imidazole rings is 1. The van der Waals surface area contributed by atoms with Gasteiger partial charge in [0.25, 0.3) is 0 Å². The lowest BCUT2D eigenvalue weighted by atomic mass is 10.2. The molecule has 2 heterocycles. The molecule has 0 saturated carbocycles. The van der Waals surface area contributed by atoms with Gasteiger partial charge in [0.1, 0.15) is 5.82 Å². The normalized spacial score (nSPS) is 9.94. The summed E-state index contributed by atoms with van der Waals surface area (Å²) in [6.45, 7) is 0.567. The van der Waals surface area contributed by atoms with Crippen molar-refractivity contribution in [3.63, 3.8) is 0 Å². The smallest absolute Gasteiger partial charge is 0.338 e. The van der Waals surface area contributed by atoms with Gasteiger partial charge in [0.2, 0.25) is 0 Å². The fourth-order valence-electron chi connectivity index (χ4n) is 1.34. The summed E-state index contributed by atoms with van der Waals surface area (Å²) in [6.07, 6.45) is 4.88. The number of ether oxygens (including phenoxy) is 1. The molecular formula is C11H12N4O2. The second-order valence-corrected chi connectivity index (χ2v) is 3.35. The van der Waals surface area contributed by atoms with Gasteiger partial charge in [-0.1, -0.05) is 0 Å². The molecular weight excluding hydrogens is 220 g/mol. The van der Waals surface area contributed by atoms with E-state index in [1.54, 1.807) is 30.9 Å². The highest BCUT2D eigenvalue weighted by atomic mass is 16.5. The van der Waals surface area contributed by atoms with Crippen molar-refractivity contribution < 1.29 is 9.53 Å². The van der Waals surface area contributed by atoms with Crippen molar-refractivity contribution in [2.45, 2.75) is 6.54 Å². The van der Waals surface area contributed by atoms with Gasteiger partial charge in [0.15, 0.2) is 0 Å². The minimum atomic E-state index is -0.378. The van der Waals surface area contributed by atoms with Crippen LogP contribution in [0.1, 0.15) is 16.1 Å². The Balaban J connectivity index is 2.03. The Morgan fingerprint density at radius 3 is 3.18 bits per heavy atom. The van der Waals surface area contributed by atoms with Gasteiger partial charge in [-0.25, -0.2) is 14.8 Å². The SMILES string of the molecule is COC(=O)c1ccnc(NCc2cnc[nH]2)c1. The Kier molecular flexibility index (Phi) is 3.34. The van der Waals surface area contributed by atoms with E-state index in [4.69, 9.17) is 0 Å². The van der Waals surface area contributed by atoms with Crippen molar-refractivity contribution in [2.24, 2.45) is 0 Å². The van der Waals surface area contributed by atoms with E-state index < -0.39 is 0 Å². The molecule has 0 atom stereocenters. The molecule has 2 aromatic heterocycles. The molecule has 17 heavy (non-hydrogen) atoms. The first-order valence-corrected chi connectivity index (χ1v) is 5.05. The van der Waals surface area contributed by atoms with Crippen LogP contribution >= 0.6 is 0 Å². The Labute approximate surface area is 98.1 Å². The van der Waals surface area contributed by atoms with E-state index in [2.05, 4.69) is 25.0 Å². The van der Waals surface area contributed by atoms with Crippen LogP contribution in [0.5, 0.6) is 0 Å². The number of H-pyrrole nitrogens is 1. The maximum absolute atomic E-state index is 11.3. The summed E-state index contributed by atoms with van der Waals surface area (Å²) >= 11 is 0. The number of anilines is 1. The zero-order valence-electron chi connectivity index (χ0n) is 9.30. The van der Waals surface area contributed by atoms with E-state index >= 15 is 0 Å². The third kappa shape index (κ3) is 2.81. The molecule has 0 unspecified atom stereocenters. The number of nitrogens with one attached hydrogen (secondary N) is 2. The molecule has 6 nitrogen and oxygen atoms in total. The van der Waals surface area contributed by atoms with E-state index in [0.717, 1.165) is 5.69 Å². The van der Waals surface area contributed by atoms with Gasteiger partial charge < -0.3 is 15.0 Å². The molecule has 2 aromatic rings. The molecule has 0 aromatic carbocycles. The monoisotopic (exact) mass is 232 g/mol. The summed E-state index contributed by atoms with van der Waals surface area (Å²) in [6, 6.07) is 3.25. The standard InChI is InChI=1S/C11H12N4O2/c1-17-11(16)8-2-3-13-10(4-8)14-6-9-5-12-7-15-9/h2-5,7H,6H2,1H3,(H,12,15)(H,13,14). The average molecular weight is 232 g/mol. The van der Waals surface area contributed by atoms with Gasteiger partial charge >= 0.3 is 5.97 Å². The molecule has 0 saturated heterocycles. The number of methoxy groups -OCH3 is 1. The Morgan fingerprint density at radius 2 is 2.47 bits per heavy atom. The summed E-state index contributed by atoms with van der Waals surface area (Å²) in [7, 11) is 1.35. The lowest BCUT2D eigenvalue weighted by Crippen LogP contribution is -2.05. The predicted molar refractivity (Wildman–Crippen MR) is 61.5 cm³/mol. The van der Waals surface area contributed by atoms with Gasteiger partial charge in [-0.3, -0.25) is 0 Å². The first kappa shape index (κ1) is 11.1. The largest absolute Gasteiger partial charge is 0.465 e. The molecule has 0 fully saturated rings. The molecule has 0 radical (unpaired) electrons. The molecule has 0 aliphatic carbocycles. The Bertz CT molecular complexity index is 496. The number of hydrogen-bond donors (Lipinski definition) is 2. The number of aromatic amines is 1. The number of hydrogen-bond acceptors (Lipinski definition) is 5. The minimum absolute atomic E-state index is 0.378. The summed E-state index contributed by atoms with van der Waals surface area (Å²) in [5.74, 6) is 0.236. The van der Waals surface area contributed by atoms with Crippen molar-refractivity contribution in [1.29, 1.82) is 0 Å². The lowest BCUT2D eigenvalue weighted by molar-refractivity contribution is 0.0600. The number of pyridine rings is 1. The van der Waals surface area contributed by atoms with Crippen LogP contribution in [0.4, 0.5) is 5.82 Å². The highest BCUT2D eigenvalue weighted by Crippen LogP contribution is 2.08.